The molecule has 1 aliphatic heterocycles. The molecule has 1 saturated heterocycles. The number of amides is 3. The first kappa shape index (κ1) is 24.8. The molecule has 2 N–H and O–H groups in total. The summed E-state index contributed by atoms with van der Waals surface area (Å²) in [4.78, 5) is 40.6. The number of nitrogens with one attached hydrogen (secondary N) is 2. The van der Waals surface area contributed by atoms with Crippen molar-refractivity contribution >= 4 is 29.3 Å². The van der Waals surface area contributed by atoms with Gasteiger partial charge in [-0.1, -0.05) is 61.0 Å². The fraction of sp³-hybridized carbons (Fsp3) is 0.423. The maximum absolute atomic E-state index is 13.1. The van der Waals surface area contributed by atoms with Crippen LogP contribution >= 0.6 is 11.6 Å². The molecule has 0 aromatic heterocycles. The lowest BCUT2D eigenvalue weighted by molar-refractivity contribution is -0.132. The molecule has 1 heterocycles. The molecule has 0 saturated carbocycles. The molecular weight excluding hydrogens is 438 g/mol. The number of hydrogen-bond donors (Lipinski definition) is 2. The summed E-state index contributed by atoms with van der Waals surface area (Å²) in [5.74, 6) is -0.548. The SMILES string of the molecule is CCC(C)NC(=O)C(NC(=O)c1ccccc1Cl)C1CCN(C(=O)Cc2ccccc2)CC1. The Balaban J connectivity index is 1.66. The average molecular weight is 470 g/mol. The molecule has 2 atom stereocenters. The van der Waals surface area contributed by atoms with Crippen molar-refractivity contribution in [1.82, 2.24) is 15.5 Å². The molecule has 3 rings (SSSR count). The van der Waals surface area contributed by atoms with Gasteiger partial charge in [0.25, 0.3) is 5.91 Å². The van der Waals surface area contributed by atoms with E-state index in [1.165, 1.54) is 0 Å². The van der Waals surface area contributed by atoms with Gasteiger partial charge < -0.3 is 15.5 Å². The van der Waals surface area contributed by atoms with Crippen LogP contribution in [0.3, 0.4) is 0 Å². The molecule has 1 aliphatic rings. The van der Waals surface area contributed by atoms with Gasteiger partial charge in [-0.2, -0.15) is 0 Å². The second kappa shape index (κ2) is 11.8. The molecule has 1 fully saturated rings. The fourth-order valence-electron chi connectivity index (χ4n) is 4.06. The zero-order chi connectivity index (χ0) is 23.8. The van der Waals surface area contributed by atoms with Crippen LogP contribution in [0.2, 0.25) is 5.02 Å². The van der Waals surface area contributed by atoms with E-state index in [0.717, 1.165) is 12.0 Å². The summed E-state index contributed by atoms with van der Waals surface area (Å²) in [5, 5.41) is 6.26. The third-order valence-electron chi connectivity index (χ3n) is 6.25. The van der Waals surface area contributed by atoms with E-state index in [1.807, 2.05) is 49.1 Å². The van der Waals surface area contributed by atoms with Gasteiger partial charge in [0, 0.05) is 19.1 Å². The van der Waals surface area contributed by atoms with Crippen molar-refractivity contribution in [2.75, 3.05) is 13.1 Å². The van der Waals surface area contributed by atoms with Gasteiger partial charge in [-0.05, 0) is 49.8 Å². The van der Waals surface area contributed by atoms with Crippen molar-refractivity contribution in [3.63, 3.8) is 0 Å². The number of carbonyl (C=O) groups is 3. The molecule has 2 unspecified atom stereocenters. The summed E-state index contributed by atoms with van der Waals surface area (Å²) in [6.45, 7) is 5.06. The van der Waals surface area contributed by atoms with E-state index < -0.39 is 6.04 Å². The minimum absolute atomic E-state index is 0.00440. The highest BCUT2D eigenvalue weighted by Gasteiger charge is 2.34. The molecule has 2 aromatic carbocycles. The number of rotatable bonds is 8. The Hall–Kier alpha value is -2.86. The summed E-state index contributed by atoms with van der Waals surface area (Å²) in [6, 6.07) is 15.8. The largest absolute Gasteiger partial charge is 0.352 e. The molecule has 0 radical (unpaired) electrons. The lowest BCUT2D eigenvalue weighted by Gasteiger charge is -2.36. The standard InChI is InChI=1S/C26H32ClN3O3/c1-3-18(2)28-26(33)24(29-25(32)21-11-7-8-12-22(21)27)20-13-15-30(16-14-20)23(31)17-19-9-5-4-6-10-19/h4-12,18,20,24H,3,13-17H2,1-2H3,(H,28,33)(H,29,32). The molecule has 2 aromatic rings. The highest BCUT2D eigenvalue weighted by Crippen LogP contribution is 2.23. The minimum atomic E-state index is -0.686. The van der Waals surface area contributed by atoms with Crippen LogP contribution in [0, 0.1) is 5.92 Å². The monoisotopic (exact) mass is 469 g/mol. The van der Waals surface area contributed by atoms with E-state index in [-0.39, 0.29) is 29.7 Å². The van der Waals surface area contributed by atoms with Gasteiger partial charge in [0.2, 0.25) is 11.8 Å². The summed E-state index contributed by atoms with van der Waals surface area (Å²) in [7, 11) is 0. The number of nitrogens with zero attached hydrogens (tertiary/aromatic N) is 1. The van der Waals surface area contributed by atoms with Gasteiger partial charge in [0.05, 0.1) is 17.0 Å². The van der Waals surface area contributed by atoms with Gasteiger partial charge in [0.15, 0.2) is 0 Å². The van der Waals surface area contributed by atoms with Crippen molar-refractivity contribution in [2.45, 2.75) is 51.6 Å². The second-order valence-corrected chi connectivity index (χ2v) is 9.04. The molecule has 0 spiro atoms. The van der Waals surface area contributed by atoms with E-state index in [9.17, 15) is 14.4 Å². The van der Waals surface area contributed by atoms with Crippen molar-refractivity contribution in [2.24, 2.45) is 5.92 Å². The average Bonchev–Trinajstić information content (AvgIpc) is 2.83. The minimum Gasteiger partial charge on any atom is -0.352 e. The molecule has 33 heavy (non-hydrogen) atoms. The Kier molecular flexibility index (Phi) is 8.89. The van der Waals surface area contributed by atoms with E-state index in [0.29, 0.717) is 42.9 Å². The molecule has 176 valence electrons. The third-order valence-corrected chi connectivity index (χ3v) is 6.58. The Morgan fingerprint density at radius 1 is 1.00 bits per heavy atom. The van der Waals surface area contributed by atoms with Crippen molar-refractivity contribution in [3.05, 3.63) is 70.7 Å². The van der Waals surface area contributed by atoms with Crippen molar-refractivity contribution < 1.29 is 14.4 Å². The van der Waals surface area contributed by atoms with Crippen LogP contribution in [0.4, 0.5) is 0 Å². The summed E-state index contributed by atoms with van der Waals surface area (Å²) >= 11 is 6.19. The van der Waals surface area contributed by atoms with Gasteiger partial charge in [-0.15, -0.1) is 0 Å². The lowest BCUT2D eigenvalue weighted by atomic mass is 9.88. The van der Waals surface area contributed by atoms with Gasteiger partial charge >= 0.3 is 0 Å². The van der Waals surface area contributed by atoms with Crippen molar-refractivity contribution in [1.29, 1.82) is 0 Å². The normalized spacial score (nSPS) is 16.0. The lowest BCUT2D eigenvalue weighted by Crippen LogP contribution is -2.55. The number of hydrogen-bond acceptors (Lipinski definition) is 3. The zero-order valence-electron chi connectivity index (χ0n) is 19.2. The van der Waals surface area contributed by atoms with Gasteiger partial charge in [0.1, 0.15) is 6.04 Å². The number of carbonyl (C=O) groups excluding carboxylic acids is 3. The predicted molar refractivity (Wildman–Crippen MR) is 130 cm³/mol. The van der Waals surface area contributed by atoms with Crippen molar-refractivity contribution in [3.8, 4) is 0 Å². The molecule has 0 aliphatic carbocycles. The van der Waals surface area contributed by atoms with Gasteiger partial charge in [-0.3, -0.25) is 14.4 Å². The summed E-state index contributed by atoms with van der Waals surface area (Å²) in [6.07, 6.45) is 2.44. The van der Waals surface area contributed by atoms with Crippen LogP contribution in [-0.2, 0) is 16.0 Å². The molecule has 6 nitrogen and oxygen atoms in total. The number of piperidine rings is 1. The highest BCUT2D eigenvalue weighted by atomic mass is 35.5. The Labute approximate surface area is 200 Å². The van der Waals surface area contributed by atoms with E-state index in [2.05, 4.69) is 10.6 Å². The molecule has 0 bridgehead atoms. The van der Waals surface area contributed by atoms with E-state index >= 15 is 0 Å². The Bertz CT molecular complexity index is 958. The molecular formula is C26H32ClN3O3. The topological polar surface area (TPSA) is 78.5 Å². The van der Waals surface area contributed by atoms with Crippen LogP contribution < -0.4 is 10.6 Å². The first-order valence-corrected chi connectivity index (χ1v) is 11.9. The Morgan fingerprint density at radius 3 is 2.27 bits per heavy atom. The van der Waals surface area contributed by atoms with E-state index in [4.69, 9.17) is 11.6 Å². The maximum Gasteiger partial charge on any atom is 0.253 e. The summed E-state index contributed by atoms with van der Waals surface area (Å²) in [5.41, 5.74) is 1.33. The quantitative estimate of drug-likeness (QED) is 0.616. The third kappa shape index (κ3) is 6.81. The second-order valence-electron chi connectivity index (χ2n) is 8.63. The molecule has 3 amide bonds. The van der Waals surface area contributed by atoms with E-state index in [1.54, 1.807) is 24.3 Å². The summed E-state index contributed by atoms with van der Waals surface area (Å²) < 4.78 is 0. The van der Waals surface area contributed by atoms with Crippen LogP contribution in [0.25, 0.3) is 0 Å². The first-order chi connectivity index (χ1) is 15.9. The molecule has 7 heteroatoms. The van der Waals surface area contributed by atoms with Crippen LogP contribution in [0.15, 0.2) is 54.6 Å². The predicted octanol–water partition coefficient (Wildman–Crippen LogP) is 3.83. The fourth-order valence-corrected chi connectivity index (χ4v) is 4.28. The number of likely N-dealkylation sites (tertiary alicyclic amines) is 1. The first-order valence-electron chi connectivity index (χ1n) is 11.6. The van der Waals surface area contributed by atoms with Crippen LogP contribution in [0.1, 0.15) is 49.0 Å². The number of benzene rings is 2. The van der Waals surface area contributed by atoms with Gasteiger partial charge in [-0.25, -0.2) is 0 Å². The smallest absolute Gasteiger partial charge is 0.253 e. The number of halogens is 1. The Morgan fingerprint density at radius 2 is 1.64 bits per heavy atom. The maximum atomic E-state index is 13.1. The zero-order valence-corrected chi connectivity index (χ0v) is 20.0. The highest BCUT2D eigenvalue weighted by molar-refractivity contribution is 6.33. The van der Waals surface area contributed by atoms with Crippen LogP contribution in [0.5, 0.6) is 0 Å². The van der Waals surface area contributed by atoms with Crippen LogP contribution in [-0.4, -0.2) is 47.8 Å².